The molecule has 1 aliphatic heterocycles. The summed E-state index contributed by atoms with van der Waals surface area (Å²) < 4.78 is 37.3. The molecule has 0 saturated carbocycles. The van der Waals surface area contributed by atoms with Crippen LogP contribution in [0.4, 0.5) is 4.39 Å². The summed E-state index contributed by atoms with van der Waals surface area (Å²) in [5, 5.41) is 6.59. The van der Waals surface area contributed by atoms with Crippen molar-refractivity contribution in [3.63, 3.8) is 0 Å². The van der Waals surface area contributed by atoms with E-state index in [4.69, 9.17) is 0 Å². The maximum absolute atomic E-state index is 13.9. The Hall–Kier alpha value is -1.94. The highest BCUT2D eigenvalue weighted by atomic mass is 32.2. The van der Waals surface area contributed by atoms with Gasteiger partial charge in [0.25, 0.3) is 0 Å². The molecule has 2 heterocycles. The molecule has 146 valence electrons. The molecule has 2 atom stereocenters. The number of nitrogens with zero attached hydrogens (tertiary/aromatic N) is 3. The van der Waals surface area contributed by atoms with E-state index in [1.807, 2.05) is 6.92 Å². The van der Waals surface area contributed by atoms with Gasteiger partial charge >= 0.3 is 0 Å². The number of aromatic amines is 1. The highest BCUT2D eigenvalue weighted by Gasteiger charge is 2.35. The number of carbonyl (C=O) groups is 1. The second-order valence-corrected chi connectivity index (χ2v) is 9.92. The van der Waals surface area contributed by atoms with Crippen LogP contribution in [0, 0.1) is 5.82 Å². The highest BCUT2D eigenvalue weighted by Crippen LogP contribution is 2.27. The van der Waals surface area contributed by atoms with Gasteiger partial charge in [0.1, 0.15) is 5.82 Å². The Morgan fingerprint density at radius 3 is 2.81 bits per heavy atom. The van der Waals surface area contributed by atoms with Crippen molar-refractivity contribution in [1.29, 1.82) is 0 Å². The van der Waals surface area contributed by atoms with Gasteiger partial charge in [0, 0.05) is 12.6 Å². The smallest absolute Gasteiger partial charge is 0.236 e. The SMILES string of the molecule is CCN(C(=O)[C@H](C)Sc1n[nH]c(-c2ccccc2F)n1)[C@@H]1CCS(=O)(=O)C1. The van der Waals surface area contributed by atoms with Crippen LogP contribution in [0.15, 0.2) is 29.4 Å². The monoisotopic (exact) mass is 412 g/mol. The largest absolute Gasteiger partial charge is 0.338 e. The molecule has 27 heavy (non-hydrogen) atoms. The first-order chi connectivity index (χ1) is 12.8. The lowest BCUT2D eigenvalue weighted by Crippen LogP contribution is -2.44. The quantitative estimate of drug-likeness (QED) is 0.730. The van der Waals surface area contributed by atoms with Crippen molar-refractivity contribution in [3.8, 4) is 11.4 Å². The van der Waals surface area contributed by atoms with Gasteiger partial charge in [-0.2, -0.15) is 0 Å². The summed E-state index contributed by atoms with van der Waals surface area (Å²) in [5.41, 5.74) is 0.308. The molecule has 3 rings (SSSR count). The summed E-state index contributed by atoms with van der Waals surface area (Å²) in [7, 11) is -3.07. The zero-order valence-electron chi connectivity index (χ0n) is 15.1. The fraction of sp³-hybridized carbons (Fsp3) is 0.471. The summed E-state index contributed by atoms with van der Waals surface area (Å²) in [6.07, 6.45) is 0.470. The van der Waals surface area contributed by atoms with Crippen molar-refractivity contribution in [2.24, 2.45) is 0 Å². The van der Waals surface area contributed by atoms with Gasteiger partial charge in [0.05, 0.1) is 22.3 Å². The van der Waals surface area contributed by atoms with Gasteiger partial charge in [-0.25, -0.2) is 17.8 Å². The van der Waals surface area contributed by atoms with Crippen molar-refractivity contribution >= 4 is 27.5 Å². The number of benzene rings is 1. The van der Waals surface area contributed by atoms with E-state index in [0.29, 0.717) is 29.5 Å². The third-order valence-corrected chi connectivity index (χ3v) is 7.20. The van der Waals surface area contributed by atoms with Crippen LogP contribution in [0.5, 0.6) is 0 Å². The van der Waals surface area contributed by atoms with Crippen LogP contribution in [-0.4, -0.2) is 63.7 Å². The van der Waals surface area contributed by atoms with Crippen molar-refractivity contribution in [3.05, 3.63) is 30.1 Å². The number of hydrogen-bond acceptors (Lipinski definition) is 6. The maximum Gasteiger partial charge on any atom is 0.236 e. The number of hydrogen-bond donors (Lipinski definition) is 1. The van der Waals surface area contributed by atoms with Crippen molar-refractivity contribution in [2.45, 2.75) is 36.7 Å². The molecule has 0 aliphatic carbocycles. The summed E-state index contributed by atoms with van der Waals surface area (Å²) in [5.74, 6) is -0.127. The summed E-state index contributed by atoms with van der Waals surface area (Å²) >= 11 is 1.16. The topological polar surface area (TPSA) is 96.0 Å². The molecule has 0 unspecified atom stereocenters. The van der Waals surface area contributed by atoms with Crippen LogP contribution in [0.25, 0.3) is 11.4 Å². The Kier molecular flexibility index (Phi) is 5.85. The minimum atomic E-state index is -3.07. The zero-order valence-corrected chi connectivity index (χ0v) is 16.7. The van der Waals surface area contributed by atoms with Gasteiger partial charge < -0.3 is 4.90 Å². The molecule has 1 aliphatic rings. The van der Waals surface area contributed by atoms with Crippen molar-refractivity contribution in [2.75, 3.05) is 18.1 Å². The molecule has 0 radical (unpaired) electrons. The van der Waals surface area contributed by atoms with E-state index in [-0.39, 0.29) is 23.5 Å². The molecule has 1 fully saturated rings. The predicted octanol–water partition coefficient (Wildman–Crippen LogP) is 2.13. The Bertz CT molecular complexity index is 932. The van der Waals surface area contributed by atoms with Crippen LogP contribution >= 0.6 is 11.8 Å². The van der Waals surface area contributed by atoms with Crippen LogP contribution in [0.1, 0.15) is 20.3 Å². The number of carbonyl (C=O) groups excluding carboxylic acids is 1. The molecule has 1 amide bonds. The van der Waals surface area contributed by atoms with Gasteiger partial charge in [-0.3, -0.25) is 9.89 Å². The van der Waals surface area contributed by atoms with E-state index in [1.54, 1.807) is 30.0 Å². The number of amides is 1. The van der Waals surface area contributed by atoms with E-state index in [9.17, 15) is 17.6 Å². The van der Waals surface area contributed by atoms with Crippen molar-refractivity contribution < 1.29 is 17.6 Å². The molecule has 1 aromatic heterocycles. The molecule has 0 spiro atoms. The Morgan fingerprint density at radius 1 is 1.44 bits per heavy atom. The number of rotatable bonds is 6. The number of sulfone groups is 1. The minimum Gasteiger partial charge on any atom is -0.338 e. The average Bonchev–Trinajstić information content (AvgIpc) is 3.22. The molecular formula is C17H21FN4O3S2. The van der Waals surface area contributed by atoms with E-state index in [0.717, 1.165) is 11.8 Å². The standard InChI is InChI=1S/C17H21FN4O3S2/c1-3-22(12-8-9-27(24,25)10-12)16(23)11(2)26-17-19-15(20-21-17)13-6-4-5-7-14(13)18/h4-7,11-12H,3,8-10H2,1-2H3,(H,19,20,21)/t11-,12+/m0/s1. The third-order valence-electron chi connectivity index (χ3n) is 4.50. The van der Waals surface area contributed by atoms with Crippen LogP contribution in [-0.2, 0) is 14.6 Å². The maximum atomic E-state index is 13.9. The van der Waals surface area contributed by atoms with Gasteiger partial charge in [0.2, 0.25) is 11.1 Å². The molecule has 2 aromatic rings. The molecule has 1 aromatic carbocycles. The van der Waals surface area contributed by atoms with Crippen LogP contribution in [0.3, 0.4) is 0 Å². The summed E-state index contributed by atoms with van der Waals surface area (Å²) in [4.78, 5) is 18.7. The third kappa shape index (κ3) is 4.49. The Labute approximate surface area is 161 Å². The first-order valence-electron chi connectivity index (χ1n) is 8.65. The highest BCUT2D eigenvalue weighted by molar-refractivity contribution is 8.00. The second kappa shape index (κ2) is 7.97. The lowest BCUT2D eigenvalue weighted by atomic mass is 10.2. The molecular weight excluding hydrogens is 391 g/mol. The van der Waals surface area contributed by atoms with Gasteiger partial charge in [-0.1, -0.05) is 23.9 Å². The molecule has 1 N–H and O–H groups in total. The van der Waals surface area contributed by atoms with Crippen LogP contribution < -0.4 is 0 Å². The van der Waals surface area contributed by atoms with E-state index < -0.39 is 20.9 Å². The zero-order chi connectivity index (χ0) is 19.6. The van der Waals surface area contributed by atoms with Gasteiger partial charge in [-0.15, -0.1) is 5.10 Å². The number of thioether (sulfide) groups is 1. The first kappa shape index (κ1) is 19.8. The van der Waals surface area contributed by atoms with Crippen molar-refractivity contribution in [1.82, 2.24) is 20.1 Å². The molecule has 7 nitrogen and oxygen atoms in total. The number of nitrogens with one attached hydrogen (secondary N) is 1. The Balaban J connectivity index is 1.69. The van der Waals surface area contributed by atoms with E-state index in [1.165, 1.54) is 6.07 Å². The number of halogens is 1. The average molecular weight is 413 g/mol. The lowest BCUT2D eigenvalue weighted by Gasteiger charge is -2.29. The minimum absolute atomic E-state index is 0.0159. The van der Waals surface area contributed by atoms with E-state index in [2.05, 4.69) is 15.2 Å². The van der Waals surface area contributed by atoms with Crippen LogP contribution in [0.2, 0.25) is 0 Å². The number of H-pyrrole nitrogens is 1. The van der Waals surface area contributed by atoms with Gasteiger partial charge in [0.15, 0.2) is 15.7 Å². The molecule has 1 saturated heterocycles. The lowest BCUT2D eigenvalue weighted by molar-refractivity contribution is -0.131. The molecule has 10 heteroatoms. The van der Waals surface area contributed by atoms with Gasteiger partial charge in [-0.05, 0) is 32.4 Å². The molecule has 0 bridgehead atoms. The second-order valence-electron chi connectivity index (χ2n) is 6.39. The predicted molar refractivity (Wildman–Crippen MR) is 102 cm³/mol. The fourth-order valence-electron chi connectivity index (χ4n) is 3.13. The summed E-state index contributed by atoms with van der Waals surface area (Å²) in [6.45, 7) is 4.01. The van der Waals surface area contributed by atoms with E-state index >= 15 is 0 Å². The summed E-state index contributed by atoms with van der Waals surface area (Å²) in [6, 6.07) is 5.95. The fourth-order valence-corrected chi connectivity index (χ4v) is 5.66. The Morgan fingerprint density at radius 2 is 2.19 bits per heavy atom. The number of aromatic nitrogens is 3. The first-order valence-corrected chi connectivity index (χ1v) is 11.4. The normalized spacial score (nSPS) is 19.7.